The largest absolute Gasteiger partial charge is 0.369 e. The number of pyridine rings is 1. The van der Waals surface area contributed by atoms with Gasteiger partial charge in [-0.3, -0.25) is 4.79 Å². The van der Waals surface area contributed by atoms with E-state index in [-0.39, 0.29) is 5.91 Å². The first kappa shape index (κ1) is 15.3. The topological polar surface area (TPSA) is 54.0 Å². The van der Waals surface area contributed by atoms with Gasteiger partial charge in [0.2, 0.25) is 5.91 Å². The van der Waals surface area contributed by atoms with Crippen LogP contribution in [-0.4, -0.2) is 23.5 Å². The van der Waals surface area contributed by atoms with Crippen LogP contribution in [0.25, 0.3) is 0 Å². The summed E-state index contributed by atoms with van der Waals surface area (Å²) in [4.78, 5) is 16.2. The molecule has 2 rings (SSSR count). The number of aromatic nitrogens is 1. The number of carbonyl (C=O) groups excluding carboxylic acids is 1. The van der Waals surface area contributed by atoms with E-state index >= 15 is 0 Å². The van der Waals surface area contributed by atoms with E-state index in [1.165, 1.54) is 19.3 Å². The van der Waals surface area contributed by atoms with Crippen LogP contribution in [0.3, 0.4) is 0 Å². The molecule has 0 aromatic carbocycles. The van der Waals surface area contributed by atoms with E-state index in [0.29, 0.717) is 19.0 Å². The molecule has 1 aliphatic carbocycles. The van der Waals surface area contributed by atoms with Crippen molar-refractivity contribution in [2.75, 3.05) is 11.9 Å². The van der Waals surface area contributed by atoms with Gasteiger partial charge in [0.05, 0.1) is 0 Å². The number of carbonyl (C=O) groups is 1. The van der Waals surface area contributed by atoms with E-state index in [0.717, 1.165) is 28.7 Å². The Morgan fingerprint density at radius 2 is 2.15 bits per heavy atom. The van der Waals surface area contributed by atoms with E-state index < -0.39 is 0 Å². The highest BCUT2D eigenvalue weighted by Gasteiger charge is 2.15. The zero-order valence-corrected chi connectivity index (χ0v) is 13.5. The van der Waals surface area contributed by atoms with Crippen molar-refractivity contribution < 1.29 is 4.79 Å². The molecule has 1 aromatic heterocycles. The monoisotopic (exact) mass is 339 g/mol. The van der Waals surface area contributed by atoms with Crippen LogP contribution in [0, 0.1) is 6.92 Å². The highest BCUT2D eigenvalue weighted by Crippen LogP contribution is 2.18. The molecule has 0 atom stereocenters. The molecule has 1 aromatic rings. The Balaban J connectivity index is 1.70. The molecule has 1 amide bonds. The van der Waals surface area contributed by atoms with Crippen LogP contribution >= 0.6 is 15.9 Å². The van der Waals surface area contributed by atoms with Gasteiger partial charge in [0.25, 0.3) is 0 Å². The number of aryl methyl sites for hydroxylation is 1. The molecule has 4 nitrogen and oxygen atoms in total. The Hall–Kier alpha value is -1.10. The fourth-order valence-electron chi connectivity index (χ4n) is 2.57. The van der Waals surface area contributed by atoms with Crippen molar-refractivity contribution in [3.05, 3.63) is 22.3 Å². The van der Waals surface area contributed by atoms with Crippen molar-refractivity contribution in [1.29, 1.82) is 0 Å². The smallest absolute Gasteiger partial charge is 0.221 e. The average Bonchev–Trinajstić information content (AvgIpc) is 2.42. The van der Waals surface area contributed by atoms with Gasteiger partial charge in [0.15, 0.2) is 0 Å². The van der Waals surface area contributed by atoms with Gasteiger partial charge < -0.3 is 10.6 Å². The Labute approximate surface area is 128 Å². The molecule has 110 valence electrons. The Morgan fingerprint density at radius 1 is 1.40 bits per heavy atom. The first-order valence-electron chi connectivity index (χ1n) is 7.30. The summed E-state index contributed by atoms with van der Waals surface area (Å²) in [6.07, 6.45) is 8.31. The Morgan fingerprint density at radius 3 is 2.85 bits per heavy atom. The average molecular weight is 340 g/mol. The minimum absolute atomic E-state index is 0.138. The summed E-state index contributed by atoms with van der Waals surface area (Å²) in [5.41, 5.74) is 1.08. The van der Waals surface area contributed by atoms with Crippen molar-refractivity contribution in [2.45, 2.75) is 51.5 Å². The van der Waals surface area contributed by atoms with Gasteiger partial charge >= 0.3 is 0 Å². The van der Waals surface area contributed by atoms with Crippen LogP contribution in [0.2, 0.25) is 0 Å². The van der Waals surface area contributed by atoms with E-state index in [1.54, 1.807) is 6.20 Å². The highest BCUT2D eigenvalue weighted by atomic mass is 79.9. The molecule has 1 saturated carbocycles. The molecule has 1 fully saturated rings. The molecule has 20 heavy (non-hydrogen) atoms. The predicted molar refractivity (Wildman–Crippen MR) is 84.8 cm³/mol. The predicted octanol–water partition coefficient (Wildman–Crippen LogP) is 3.40. The van der Waals surface area contributed by atoms with Gasteiger partial charge in [-0.2, -0.15) is 0 Å². The minimum Gasteiger partial charge on any atom is -0.369 e. The van der Waals surface area contributed by atoms with Crippen LogP contribution in [-0.2, 0) is 4.79 Å². The number of nitrogens with one attached hydrogen (secondary N) is 2. The third-order valence-corrected chi connectivity index (χ3v) is 4.09. The van der Waals surface area contributed by atoms with Gasteiger partial charge in [-0.25, -0.2) is 4.98 Å². The second kappa shape index (κ2) is 7.62. The van der Waals surface area contributed by atoms with Crippen molar-refractivity contribution in [2.24, 2.45) is 0 Å². The second-order valence-electron chi connectivity index (χ2n) is 5.40. The zero-order chi connectivity index (χ0) is 14.4. The molecule has 0 bridgehead atoms. The van der Waals surface area contributed by atoms with E-state index in [9.17, 15) is 4.79 Å². The summed E-state index contributed by atoms with van der Waals surface area (Å²) in [5.74, 6) is 0.984. The molecule has 1 heterocycles. The number of amides is 1. The summed E-state index contributed by atoms with van der Waals surface area (Å²) < 4.78 is 0.968. The summed E-state index contributed by atoms with van der Waals surface area (Å²) in [5, 5.41) is 6.34. The van der Waals surface area contributed by atoms with Gasteiger partial charge in [-0.1, -0.05) is 19.3 Å². The lowest BCUT2D eigenvalue weighted by Crippen LogP contribution is -2.36. The fourth-order valence-corrected chi connectivity index (χ4v) is 3.01. The molecule has 0 radical (unpaired) electrons. The normalized spacial score (nSPS) is 15.9. The van der Waals surface area contributed by atoms with Gasteiger partial charge in [-0.05, 0) is 47.3 Å². The molecule has 0 spiro atoms. The summed E-state index contributed by atoms with van der Waals surface area (Å²) in [7, 11) is 0. The molecular weight excluding hydrogens is 318 g/mol. The number of hydrogen-bond acceptors (Lipinski definition) is 3. The molecule has 1 aliphatic rings. The van der Waals surface area contributed by atoms with Gasteiger partial charge in [0.1, 0.15) is 5.82 Å². The lowest BCUT2D eigenvalue weighted by Gasteiger charge is -2.22. The van der Waals surface area contributed by atoms with E-state index in [1.807, 2.05) is 13.0 Å². The third-order valence-electron chi connectivity index (χ3n) is 3.66. The lowest BCUT2D eigenvalue weighted by molar-refractivity contribution is -0.121. The maximum Gasteiger partial charge on any atom is 0.221 e. The second-order valence-corrected chi connectivity index (χ2v) is 6.31. The Bertz CT molecular complexity index is 458. The van der Waals surface area contributed by atoms with E-state index in [2.05, 4.69) is 31.5 Å². The zero-order valence-electron chi connectivity index (χ0n) is 11.9. The summed E-state index contributed by atoms with van der Waals surface area (Å²) in [6, 6.07) is 2.40. The van der Waals surface area contributed by atoms with Crippen LogP contribution in [0.5, 0.6) is 0 Å². The quantitative estimate of drug-likeness (QED) is 0.864. The molecule has 5 heteroatoms. The van der Waals surface area contributed by atoms with Crippen LogP contribution < -0.4 is 10.6 Å². The standard InChI is InChI=1S/C15H22BrN3O/c1-11-9-12(16)10-18-15(11)17-8-7-14(20)19-13-5-3-2-4-6-13/h9-10,13H,2-8H2,1H3,(H,17,18)(H,19,20). The minimum atomic E-state index is 0.138. The van der Waals surface area contributed by atoms with Crippen molar-refractivity contribution in [3.63, 3.8) is 0 Å². The first-order valence-corrected chi connectivity index (χ1v) is 8.10. The number of halogens is 1. The fraction of sp³-hybridized carbons (Fsp3) is 0.600. The van der Waals surface area contributed by atoms with Crippen LogP contribution in [0.1, 0.15) is 44.1 Å². The third kappa shape index (κ3) is 4.78. The molecule has 0 aliphatic heterocycles. The first-order chi connectivity index (χ1) is 9.65. The summed E-state index contributed by atoms with van der Waals surface area (Å²) >= 11 is 3.39. The summed E-state index contributed by atoms with van der Waals surface area (Å²) in [6.45, 7) is 2.62. The Kier molecular flexibility index (Phi) is 5.83. The molecule has 2 N–H and O–H groups in total. The number of nitrogens with zero attached hydrogens (tertiary/aromatic N) is 1. The van der Waals surface area contributed by atoms with Crippen molar-refractivity contribution in [3.8, 4) is 0 Å². The van der Waals surface area contributed by atoms with Crippen molar-refractivity contribution in [1.82, 2.24) is 10.3 Å². The van der Waals surface area contributed by atoms with Crippen LogP contribution in [0.15, 0.2) is 16.7 Å². The molecule has 0 saturated heterocycles. The lowest BCUT2D eigenvalue weighted by atomic mass is 9.95. The van der Waals surface area contributed by atoms with Gasteiger partial charge in [-0.15, -0.1) is 0 Å². The van der Waals surface area contributed by atoms with Crippen molar-refractivity contribution >= 4 is 27.7 Å². The maximum absolute atomic E-state index is 11.9. The van der Waals surface area contributed by atoms with Crippen LogP contribution in [0.4, 0.5) is 5.82 Å². The number of anilines is 1. The SMILES string of the molecule is Cc1cc(Br)cnc1NCCC(=O)NC1CCCCC1. The van der Waals surface area contributed by atoms with Gasteiger partial charge in [0, 0.05) is 29.7 Å². The van der Waals surface area contributed by atoms with E-state index in [4.69, 9.17) is 0 Å². The molecule has 0 unspecified atom stereocenters. The highest BCUT2D eigenvalue weighted by molar-refractivity contribution is 9.10. The maximum atomic E-state index is 11.9. The molecular formula is C15H22BrN3O. The number of rotatable bonds is 5. The number of hydrogen-bond donors (Lipinski definition) is 2.